The molecule has 0 unspecified atom stereocenters. The molecule has 0 saturated carbocycles. The van der Waals surface area contributed by atoms with Crippen LogP contribution in [0.4, 0.5) is 10.9 Å². The number of rotatable bonds is 11. The van der Waals surface area contributed by atoms with E-state index in [1.807, 2.05) is 21.4 Å². The molecule has 4 heterocycles. The molecule has 2 aromatic rings. The highest BCUT2D eigenvalue weighted by atomic mass is 32.1. The third kappa shape index (κ3) is 9.09. The largest absolute Gasteiger partial charge is 0.385 e. The van der Waals surface area contributed by atoms with E-state index in [2.05, 4.69) is 60.1 Å². The van der Waals surface area contributed by atoms with Gasteiger partial charge in [-0.25, -0.2) is 15.0 Å². The summed E-state index contributed by atoms with van der Waals surface area (Å²) in [5, 5.41) is 9.83. The van der Waals surface area contributed by atoms with Crippen molar-refractivity contribution in [3.05, 3.63) is 29.2 Å². The zero-order chi connectivity index (χ0) is 30.3. The number of nitrogens with zero attached hydrogens (tertiary/aromatic N) is 6. The molecule has 2 aromatic heterocycles. The SMILES string of the molecule is C.COCCCNc1nc(C(C)(C)C)ncc1C(=O)N(CC(C)C)[C@@H]1CNC[C@H](C(=O)N2CCN(c3nccs3)CC2)C1. The molecule has 12 heteroatoms. The van der Waals surface area contributed by atoms with Gasteiger partial charge in [0.1, 0.15) is 17.2 Å². The summed E-state index contributed by atoms with van der Waals surface area (Å²) in [6.45, 7) is 16.5. The predicted molar refractivity (Wildman–Crippen MR) is 174 cm³/mol. The molecule has 0 aromatic carbocycles. The Bertz CT molecular complexity index is 1160. The highest BCUT2D eigenvalue weighted by Gasteiger charge is 2.37. The molecule has 2 aliphatic heterocycles. The van der Waals surface area contributed by atoms with Gasteiger partial charge in [-0.05, 0) is 18.8 Å². The van der Waals surface area contributed by atoms with E-state index in [9.17, 15) is 9.59 Å². The van der Waals surface area contributed by atoms with Gasteiger partial charge in [0.05, 0.1) is 5.92 Å². The van der Waals surface area contributed by atoms with Crippen molar-refractivity contribution in [1.29, 1.82) is 0 Å². The fourth-order valence-electron chi connectivity index (χ4n) is 5.50. The number of piperidine rings is 1. The lowest BCUT2D eigenvalue weighted by Crippen LogP contribution is -2.57. The first-order valence-corrected chi connectivity index (χ1v) is 16.0. The van der Waals surface area contributed by atoms with Crippen LogP contribution in [0.25, 0.3) is 0 Å². The number of thiazole rings is 1. The lowest BCUT2D eigenvalue weighted by molar-refractivity contribution is -0.137. The van der Waals surface area contributed by atoms with Crippen LogP contribution in [-0.4, -0.2) is 109 Å². The number of piperazine rings is 1. The van der Waals surface area contributed by atoms with Gasteiger partial charge in [0, 0.05) is 95.3 Å². The quantitative estimate of drug-likeness (QED) is 0.364. The van der Waals surface area contributed by atoms with Crippen molar-refractivity contribution in [2.75, 3.05) is 76.3 Å². The number of carbonyl (C=O) groups is 2. The lowest BCUT2D eigenvalue weighted by atomic mass is 9.92. The van der Waals surface area contributed by atoms with Crippen LogP contribution < -0.4 is 15.5 Å². The van der Waals surface area contributed by atoms with Crippen LogP contribution in [0.1, 0.15) is 71.1 Å². The van der Waals surface area contributed by atoms with Crippen molar-refractivity contribution >= 4 is 34.1 Å². The Hall–Kier alpha value is -2.83. The summed E-state index contributed by atoms with van der Waals surface area (Å²) in [5.74, 6) is 1.39. The van der Waals surface area contributed by atoms with Crippen LogP contribution in [0.3, 0.4) is 0 Å². The molecule has 0 spiro atoms. The molecule has 2 saturated heterocycles. The number of hydrogen-bond acceptors (Lipinski definition) is 10. The molecular weight excluding hydrogens is 564 g/mol. The molecule has 2 atom stereocenters. The minimum Gasteiger partial charge on any atom is -0.385 e. The van der Waals surface area contributed by atoms with Crippen LogP contribution in [0.2, 0.25) is 0 Å². The smallest absolute Gasteiger partial charge is 0.259 e. The molecule has 2 amide bonds. The van der Waals surface area contributed by atoms with Crippen molar-refractivity contribution in [2.24, 2.45) is 11.8 Å². The Kier molecular flexibility index (Phi) is 12.7. The Morgan fingerprint density at radius 2 is 1.93 bits per heavy atom. The third-order valence-corrected chi connectivity index (χ3v) is 8.56. The number of anilines is 2. The van der Waals surface area contributed by atoms with Gasteiger partial charge in [0.25, 0.3) is 5.91 Å². The molecule has 11 nitrogen and oxygen atoms in total. The van der Waals surface area contributed by atoms with E-state index in [1.54, 1.807) is 24.6 Å². The maximum Gasteiger partial charge on any atom is 0.259 e. The maximum atomic E-state index is 14.2. The van der Waals surface area contributed by atoms with Gasteiger partial charge in [-0.3, -0.25) is 9.59 Å². The lowest BCUT2D eigenvalue weighted by Gasteiger charge is -2.41. The van der Waals surface area contributed by atoms with Crippen LogP contribution in [0.5, 0.6) is 0 Å². The molecule has 0 radical (unpaired) electrons. The van der Waals surface area contributed by atoms with Gasteiger partial charge >= 0.3 is 0 Å². The van der Waals surface area contributed by atoms with Crippen LogP contribution in [-0.2, 0) is 14.9 Å². The zero-order valence-corrected chi connectivity index (χ0v) is 26.9. The molecule has 0 aliphatic carbocycles. The van der Waals surface area contributed by atoms with E-state index in [1.165, 1.54) is 0 Å². The summed E-state index contributed by atoms with van der Waals surface area (Å²) >= 11 is 1.63. The number of hydrogen-bond donors (Lipinski definition) is 2. The van der Waals surface area contributed by atoms with Gasteiger partial charge in [-0.15, -0.1) is 11.3 Å². The van der Waals surface area contributed by atoms with E-state index < -0.39 is 0 Å². The van der Waals surface area contributed by atoms with Gasteiger partial charge in [0.2, 0.25) is 5.91 Å². The monoisotopic (exact) mass is 616 g/mol. The van der Waals surface area contributed by atoms with Gasteiger partial charge in [-0.1, -0.05) is 42.0 Å². The first-order valence-electron chi connectivity index (χ1n) is 15.1. The molecule has 2 fully saturated rings. The summed E-state index contributed by atoms with van der Waals surface area (Å²) in [7, 11) is 1.68. The summed E-state index contributed by atoms with van der Waals surface area (Å²) in [6.07, 6.45) is 4.92. The first-order chi connectivity index (χ1) is 20.1. The molecule has 2 aliphatic rings. The molecule has 4 rings (SSSR count). The number of aromatic nitrogens is 3. The maximum absolute atomic E-state index is 14.2. The van der Waals surface area contributed by atoms with E-state index in [-0.39, 0.29) is 42.5 Å². The normalized spacial score (nSPS) is 19.2. The summed E-state index contributed by atoms with van der Waals surface area (Å²) in [5.41, 5.74) is 0.210. The second kappa shape index (κ2) is 15.8. The van der Waals surface area contributed by atoms with Gasteiger partial charge in [-0.2, -0.15) is 0 Å². The molecule has 2 N–H and O–H groups in total. The third-order valence-electron chi connectivity index (χ3n) is 7.73. The Balaban J connectivity index is 0.00000506. The second-order valence-corrected chi connectivity index (χ2v) is 13.6. The van der Waals surface area contributed by atoms with E-state index in [0.717, 1.165) is 24.6 Å². The fraction of sp³-hybridized carbons (Fsp3) is 0.710. The standard InChI is InChI=1S/C30H48N8O3S.CH4/c1-21(2)20-38(27(40)24-19-34-28(30(3,4)5)35-25(24)32-8-7-14-41-6)23-16-22(17-31-18-23)26(39)36-10-12-37(13-11-36)29-33-9-15-42-29;/h9,15,19,21-23,31H,7-8,10-14,16-18,20H2,1-6H3,(H,32,34,35);1H4/t22-,23+;/m1./s1. The molecule has 0 bridgehead atoms. The minimum absolute atomic E-state index is 0. The van der Waals surface area contributed by atoms with Gasteiger partial charge in [0.15, 0.2) is 5.13 Å². The summed E-state index contributed by atoms with van der Waals surface area (Å²) in [6, 6.07) is -0.108. The first kappa shape index (κ1) is 34.7. The Morgan fingerprint density at radius 1 is 1.19 bits per heavy atom. The highest BCUT2D eigenvalue weighted by molar-refractivity contribution is 7.13. The Morgan fingerprint density at radius 3 is 2.56 bits per heavy atom. The van der Waals surface area contributed by atoms with E-state index in [0.29, 0.717) is 69.5 Å². The number of ether oxygens (including phenoxy) is 1. The average molecular weight is 617 g/mol. The Labute approximate surface area is 261 Å². The van der Waals surface area contributed by atoms with Crippen LogP contribution in [0, 0.1) is 11.8 Å². The molecule has 240 valence electrons. The predicted octanol–water partition coefficient (Wildman–Crippen LogP) is 3.74. The van der Waals surface area contributed by atoms with E-state index >= 15 is 0 Å². The van der Waals surface area contributed by atoms with Crippen molar-refractivity contribution < 1.29 is 14.3 Å². The van der Waals surface area contributed by atoms with Crippen LogP contribution >= 0.6 is 11.3 Å². The molecular formula is C31H52N8O3S. The fourth-order valence-corrected chi connectivity index (χ4v) is 6.19. The van der Waals surface area contributed by atoms with Crippen molar-refractivity contribution in [3.8, 4) is 0 Å². The van der Waals surface area contributed by atoms with E-state index in [4.69, 9.17) is 9.72 Å². The zero-order valence-electron chi connectivity index (χ0n) is 26.1. The topological polar surface area (TPSA) is 116 Å². The van der Waals surface area contributed by atoms with Gasteiger partial charge < -0.3 is 30.1 Å². The molecule has 43 heavy (non-hydrogen) atoms. The number of methoxy groups -OCH3 is 1. The van der Waals surface area contributed by atoms with Crippen LogP contribution in [0.15, 0.2) is 17.8 Å². The highest BCUT2D eigenvalue weighted by Crippen LogP contribution is 2.27. The summed E-state index contributed by atoms with van der Waals surface area (Å²) < 4.78 is 5.20. The second-order valence-electron chi connectivity index (χ2n) is 12.7. The van der Waals surface area contributed by atoms with Crippen molar-refractivity contribution in [2.45, 2.75) is 66.3 Å². The number of amides is 2. The number of carbonyl (C=O) groups excluding carboxylic acids is 2. The minimum atomic E-state index is -0.255. The number of nitrogens with one attached hydrogen (secondary N) is 2. The van der Waals surface area contributed by atoms with Crippen molar-refractivity contribution in [1.82, 2.24) is 30.1 Å². The average Bonchev–Trinajstić information content (AvgIpc) is 3.52. The van der Waals surface area contributed by atoms with Crippen molar-refractivity contribution in [3.63, 3.8) is 0 Å². The summed E-state index contributed by atoms with van der Waals surface area (Å²) in [4.78, 5) is 47.9.